The Kier molecular flexibility index (Phi) is 4.69. The molecule has 2 nitrogen and oxygen atoms in total. The maximum absolute atomic E-state index is 11.6. The minimum Gasteiger partial charge on any atom is -0.300 e. The molecular formula is C12H16O2S. The Hall–Kier alpha value is -0.960. The Bertz CT molecular complexity index is 354. The van der Waals surface area contributed by atoms with E-state index in [4.69, 9.17) is 0 Å². The van der Waals surface area contributed by atoms with Crippen molar-refractivity contribution in [3.63, 3.8) is 0 Å². The van der Waals surface area contributed by atoms with E-state index in [2.05, 4.69) is 0 Å². The van der Waals surface area contributed by atoms with Crippen molar-refractivity contribution >= 4 is 16.6 Å². The average Bonchev–Trinajstić information content (AvgIpc) is 2.18. The molecule has 1 unspecified atom stereocenters. The third kappa shape index (κ3) is 3.96. The van der Waals surface area contributed by atoms with Gasteiger partial charge in [0.25, 0.3) is 0 Å². The number of hydrogen-bond donors (Lipinski definition) is 0. The zero-order valence-corrected chi connectivity index (χ0v) is 9.97. The fourth-order valence-electron chi connectivity index (χ4n) is 1.35. The molecule has 15 heavy (non-hydrogen) atoms. The molecule has 0 heterocycles. The van der Waals surface area contributed by atoms with Crippen LogP contribution in [-0.4, -0.2) is 15.7 Å². The molecular weight excluding hydrogens is 208 g/mol. The minimum atomic E-state index is -0.889. The van der Waals surface area contributed by atoms with Crippen molar-refractivity contribution in [2.45, 2.75) is 31.6 Å². The fraction of sp³-hybridized carbons (Fsp3) is 0.417. The predicted molar refractivity (Wildman–Crippen MR) is 62.4 cm³/mol. The van der Waals surface area contributed by atoms with E-state index in [1.165, 1.54) is 0 Å². The molecule has 0 aliphatic carbocycles. The molecule has 1 aromatic rings. The van der Waals surface area contributed by atoms with E-state index in [-0.39, 0.29) is 5.78 Å². The second-order valence-corrected chi connectivity index (χ2v) is 5.14. The molecule has 0 N–H and O–H groups in total. The number of Topliss-reactive ketones (excluding diaryl/α,β-unsaturated/α-hetero) is 1. The van der Waals surface area contributed by atoms with Crippen LogP contribution in [0.15, 0.2) is 29.2 Å². The topological polar surface area (TPSA) is 34.1 Å². The average molecular weight is 224 g/mol. The van der Waals surface area contributed by atoms with Gasteiger partial charge < -0.3 is 0 Å². The summed E-state index contributed by atoms with van der Waals surface area (Å²) in [6.45, 7) is 3.59. The van der Waals surface area contributed by atoms with Crippen LogP contribution in [0, 0.1) is 0 Å². The summed E-state index contributed by atoms with van der Waals surface area (Å²) in [6, 6.07) is 7.46. The Labute approximate surface area is 93.2 Å². The Morgan fingerprint density at radius 3 is 2.33 bits per heavy atom. The molecule has 3 heteroatoms. The van der Waals surface area contributed by atoms with Gasteiger partial charge in [0.2, 0.25) is 0 Å². The van der Waals surface area contributed by atoms with Crippen molar-refractivity contribution in [3.8, 4) is 0 Å². The zero-order chi connectivity index (χ0) is 11.3. The van der Waals surface area contributed by atoms with Gasteiger partial charge in [0.1, 0.15) is 5.78 Å². The van der Waals surface area contributed by atoms with Crippen molar-refractivity contribution in [2.75, 3.05) is 5.75 Å². The van der Waals surface area contributed by atoms with Gasteiger partial charge in [-0.3, -0.25) is 9.00 Å². The van der Waals surface area contributed by atoms with Gasteiger partial charge in [0, 0.05) is 17.1 Å². The van der Waals surface area contributed by atoms with Gasteiger partial charge in [-0.15, -0.1) is 0 Å². The number of benzene rings is 1. The molecule has 0 aliphatic heterocycles. The Balaban J connectivity index is 2.71. The van der Waals surface area contributed by atoms with Crippen molar-refractivity contribution in [2.24, 2.45) is 0 Å². The zero-order valence-electron chi connectivity index (χ0n) is 9.16. The van der Waals surface area contributed by atoms with Crippen molar-refractivity contribution < 1.29 is 9.00 Å². The van der Waals surface area contributed by atoms with E-state index in [1.54, 1.807) is 6.92 Å². The first-order chi connectivity index (χ1) is 7.13. The van der Waals surface area contributed by atoms with Crippen LogP contribution in [-0.2, 0) is 22.0 Å². The van der Waals surface area contributed by atoms with E-state index in [1.807, 2.05) is 31.2 Å². The fourth-order valence-corrected chi connectivity index (χ4v) is 2.40. The third-order valence-electron chi connectivity index (χ3n) is 2.03. The number of ketones is 1. The van der Waals surface area contributed by atoms with Gasteiger partial charge in [0.05, 0.1) is 10.8 Å². The third-order valence-corrected chi connectivity index (χ3v) is 3.61. The smallest absolute Gasteiger partial charge is 0.134 e. The summed E-state index contributed by atoms with van der Waals surface area (Å²) in [4.78, 5) is 11.7. The highest BCUT2D eigenvalue weighted by Gasteiger charge is 2.03. The molecule has 0 saturated heterocycles. The lowest BCUT2D eigenvalue weighted by Gasteiger charge is -2.02. The molecule has 0 aliphatic rings. The van der Waals surface area contributed by atoms with Gasteiger partial charge in [-0.25, -0.2) is 0 Å². The van der Waals surface area contributed by atoms with Crippen molar-refractivity contribution in [3.05, 3.63) is 29.8 Å². The second kappa shape index (κ2) is 5.81. The minimum absolute atomic E-state index is 0.150. The Morgan fingerprint density at radius 2 is 1.87 bits per heavy atom. The first kappa shape index (κ1) is 12.1. The summed E-state index contributed by atoms with van der Waals surface area (Å²) < 4.78 is 11.6. The maximum Gasteiger partial charge on any atom is 0.134 e. The summed E-state index contributed by atoms with van der Waals surface area (Å²) in [7, 11) is -0.889. The highest BCUT2D eigenvalue weighted by atomic mass is 32.2. The first-order valence-electron chi connectivity index (χ1n) is 5.10. The molecule has 1 rings (SSSR count). The molecule has 0 spiro atoms. The summed E-state index contributed by atoms with van der Waals surface area (Å²) in [6.07, 6.45) is 1.38. The van der Waals surface area contributed by atoms with Crippen LogP contribution >= 0.6 is 0 Å². The number of hydrogen-bond acceptors (Lipinski definition) is 2. The quantitative estimate of drug-likeness (QED) is 0.769. The van der Waals surface area contributed by atoms with Crippen LogP contribution < -0.4 is 0 Å². The second-order valence-electron chi connectivity index (χ2n) is 3.57. The monoisotopic (exact) mass is 224 g/mol. The van der Waals surface area contributed by atoms with Crippen LogP contribution in [0.25, 0.3) is 0 Å². The van der Waals surface area contributed by atoms with Gasteiger partial charge in [-0.05, 0) is 31.0 Å². The lowest BCUT2D eigenvalue weighted by atomic mass is 10.1. The molecule has 1 aromatic carbocycles. The lowest BCUT2D eigenvalue weighted by Crippen LogP contribution is -1.99. The van der Waals surface area contributed by atoms with Crippen LogP contribution in [0.4, 0.5) is 0 Å². The lowest BCUT2D eigenvalue weighted by molar-refractivity contribution is -0.116. The van der Waals surface area contributed by atoms with Crippen LogP contribution in [0.5, 0.6) is 0 Å². The van der Waals surface area contributed by atoms with E-state index in [9.17, 15) is 9.00 Å². The maximum atomic E-state index is 11.6. The standard InChI is InChI=1S/C12H16O2S/c1-3-8-15(14)12-6-4-11(5-7-12)9-10(2)13/h4-7H,3,8-9H2,1-2H3. The highest BCUT2D eigenvalue weighted by Crippen LogP contribution is 2.10. The number of carbonyl (C=O) groups is 1. The van der Waals surface area contributed by atoms with E-state index in [0.717, 1.165) is 16.9 Å². The molecule has 1 atom stereocenters. The van der Waals surface area contributed by atoms with Crippen molar-refractivity contribution in [1.29, 1.82) is 0 Å². The summed E-state index contributed by atoms with van der Waals surface area (Å²) in [5.74, 6) is 0.851. The normalized spacial score (nSPS) is 12.4. The molecule has 0 aromatic heterocycles. The highest BCUT2D eigenvalue weighted by molar-refractivity contribution is 7.85. The van der Waals surface area contributed by atoms with E-state index in [0.29, 0.717) is 12.2 Å². The van der Waals surface area contributed by atoms with Crippen LogP contribution in [0.3, 0.4) is 0 Å². The molecule has 0 fully saturated rings. The van der Waals surface area contributed by atoms with Gasteiger partial charge in [0.15, 0.2) is 0 Å². The number of rotatable bonds is 5. The summed E-state index contributed by atoms with van der Waals surface area (Å²) in [5, 5.41) is 0. The molecule has 0 bridgehead atoms. The number of carbonyl (C=O) groups excluding carboxylic acids is 1. The molecule has 82 valence electrons. The van der Waals surface area contributed by atoms with E-state index < -0.39 is 10.8 Å². The molecule has 0 saturated carbocycles. The van der Waals surface area contributed by atoms with Crippen molar-refractivity contribution in [1.82, 2.24) is 0 Å². The summed E-state index contributed by atoms with van der Waals surface area (Å²) >= 11 is 0. The van der Waals surface area contributed by atoms with E-state index >= 15 is 0 Å². The predicted octanol–water partition coefficient (Wildman–Crippen LogP) is 2.34. The van der Waals surface area contributed by atoms with Crippen LogP contribution in [0.1, 0.15) is 25.8 Å². The van der Waals surface area contributed by atoms with Gasteiger partial charge in [-0.2, -0.15) is 0 Å². The molecule has 0 amide bonds. The largest absolute Gasteiger partial charge is 0.300 e. The van der Waals surface area contributed by atoms with Gasteiger partial charge in [-0.1, -0.05) is 19.1 Å². The molecule has 0 radical (unpaired) electrons. The first-order valence-corrected chi connectivity index (χ1v) is 6.42. The van der Waals surface area contributed by atoms with Crippen LogP contribution in [0.2, 0.25) is 0 Å². The van der Waals surface area contributed by atoms with Gasteiger partial charge >= 0.3 is 0 Å². The Morgan fingerprint density at radius 1 is 1.27 bits per heavy atom. The SMILES string of the molecule is CCCS(=O)c1ccc(CC(C)=O)cc1. The summed E-state index contributed by atoms with van der Waals surface area (Å²) in [5.41, 5.74) is 0.986.